The smallest absolute Gasteiger partial charge is 0.0589 e. The average molecular weight is 237 g/mol. The van der Waals surface area contributed by atoms with Crippen LogP contribution in [0.5, 0.6) is 0 Å². The zero-order chi connectivity index (χ0) is 12.7. The van der Waals surface area contributed by atoms with Crippen molar-refractivity contribution >= 4 is 0 Å². The van der Waals surface area contributed by atoms with Gasteiger partial charge in [0.2, 0.25) is 0 Å². The van der Waals surface area contributed by atoms with E-state index in [4.69, 9.17) is 10.5 Å². The zero-order valence-electron chi connectivity index (χ0n) is 11.0. The molecular weight excluding hydrogens is 214 g/mol. The Morgan fingerprint density at radius 2 is 2.29 bits per heavy atom. The number of nitrogens with two attached hydrogens (primary N) is 1. The van der Waals surface area contributed by atoms with Gasteiger partial charge in [-0.25, -0.2) is 0 Å². The van der Waals surface area contributed by atoms with Gasteiger partial charge >= 0.3 is 0 Å². The molecule has 1 unspecified atom stereocenters. The van der Waals surface area contributed by atoms with Crippen LogP contribution in [-0.4, -0.2) is 43.2 Å². The van der Waals surface area contributed by atoms with Crippen molar-refractivity contribution in [2.75, 3.05) is 33.4 Å². The molecule has 1 heterocycles. The zero-order valence-corrected chi connectivity index (χ0v) is 11.0. The molecule has 0 aromatic carbocycles. The fourth-order valence-electron chi connectivity index (χ4n) is 2.04. The second kappa shape index (κ2) is 7.37. The quantitative estimate of drug-likeness (QED) is 0.778. The second-order valence-corrected chi connectivity index (χ2v) is 4.11. The minimum atomic E-state index is 0.226. The minimum Gasteiger partial charge on any atom is -0.383 e. The molecule has 0 bridgehead atoms. The monoisotopic (exact) mass is 237 g/mol. The highest BCUT2D eigenvalue weighted by atomic mass is 16.5. The molecule has 0 aliphatic heterocycles. The molecule has 0 saturated carbocycles. The molecule has 0 amide bonds. The predicted octanol–water partition coefficient (Wildman–Crippen LogP) is 1.36. The van der Waals surface area contributed by atoms with Crippen molar-refractivity contribution in [2.24, 2.45) is 5.73 Å². The number of ether oxygens (including phenoxy) is 1. The second-order valence-electron chi connectivity index (χ2n) is 4.11. The van der Waals surface area contributed by atoms with Crippen LogP contribution in [0.2, 0.25) is 0 Å². The van der Waals surface area contributed by atoms with Crippen LogP contribution in [0.4, 0.5) is 0 Å². The first-order valence-corrected chi connectivity index (χ1v) is 6.08. The van der Waals surface area contributed by atoms with Crippen LogP contribution in [0.15, 0.2) is 18.5 Å². The molecule has 1 aromatic rings. The Kier molecular flexibility index (Phi) is 6.11. The number of rotatable bonds is 7. The Bertz CT molecular complexity index is 330. The number of nitrogens with zero attached hydrogens (tertiary/aromatic N) is 2. The number of pyridine rings is 1. The van der Waals surface area contributed by atoms with Crippen molar-refractivity contribution in [1.29, 1.82) is 0 Å². The van der Waals surface area contributed by atoms with E-state index in [9.17, 15) is 0 Å². The van der Waals surface area contributed by atoms with Crippen LogP contribution in [0.1, 0.15) is 24.1 Å². The summed E-state index contributed by atoms with van der Waals surface area (Å²) in [5.41, 5.74) is 8.37. The highest BCUT2D eigenvalue weighted by molar-refractivity contribution is 5.25. The van der Waals surface area contributed by atoms with Crippen LogP contribution in [0.3, 0.4) is 0 Å². The van der Waals surface area contributed by atoms with Crippen LogP contribution < -0.4 is 5.73 Å². The van der Waals surface area contributed by atoms with Crippen molar-refractivity contribution < 1.29 is 4.74 Å². The largest absolute Gasteiger partial charge is 0.383 e. The molecule has 17 heavy (non-hydrogen) atoms. The standard InChI is InChI=1S/C13H23N3O/c1-4-16(7-8-17-3)13(9-14)12-10-15-6-5-11(12)2/h5-6,10,13H,4,7-9,14H2,1-3H3. The molecule has 0 fully saturated rings. The van der Waals surface area contributed by atoms with Gasteiger partial charge in [-0.3, -0.25) is 9.88 Å². The van der Waals surface area contributed by atoms with Gasteiger partial charge in [0.05, 0.1) is 6.61 Å². The molecular formula is C13H23N3O. The van der Waals surface area contributed by atoms with Gasteiger partial charge < -0.3 is 10.5 Å². The van der Waals surface area contributed by atoms with E-state index in [0.717, 1.165) is 19.7 Å². The van der Waals surface area contributed by atoms with Crippen molar-refractivity contribution in [1.82, 2.24) is 9.88 Å². The Hall–Kier alpha value is -0.970. The molecule has 0 saturated heterocycles. The van der Waals surface area contributed by atoms with Crippen molar-refractivity contribution in [3.8, 4) is 0 Å². The van der Waals surface area contributed by atoms with Gasteiger partial charge in [0.15, 0.2) is 0 Å². The summed E-state index contributed by atoms with van der Waals surface area (Å²) in [7, 11) is 1.72. The molecule has 2 N–H and O–H groups in total. The van der Waals surface area contributed by atoms with Crippen molar-refractivity contribution in [2.45, 2.75) is 19.9 Å². The third kappa shape index (κ3) is 3.77. The highest BCUT2D eigenvalue weighted by Gasteiger charge is 2.19. The van der Waals surface area contributed by atoms with Crippen LogP contribution in [0.25, 0.3) is 0 Å². The number of hydrogen-bond acceptors (Lipinski definition) is 4. The molecule has 0 aliphatic rings. The predicted molar refractivity (Wildman–Crippen MR) is 69.9 cm³/mol. The summed E-state index contributed by atoms with van der Waals surface area (Å²) in [6, 6.07) is 2.26. The summed E-state index contributed by atoms with van der Waals surface area (Å²) < 4.78 is 5.14. The topological polar surface area (TPSA) is 51.4 Å². The first-order chi connectivity index (χ1) is 8.24. The Labute approximate surface area is 104 Å². The number of aryl methyl sites for hydroxylation is 1. The Morgan fingerprint density at radius 1 is 1.53 bits per heavy atom. The van der Waals surface area contributed by atoms with Gasteiger partial charge in [0, 0.05) is 38.6 Å². The number of aromatic nitrogens is 1. The maximum atomic E-state index is 5.91. The number of likely N-dealkylation sites (N-methyl/N-ethyl adjacent to an activating group) is 1. The van der Waals surface area contributed by atoms with E-state index in [0.29, 0.717) is 6.54 Å². The van der Waals surface area contributed by atoms with E-state index < -0.39 is 0 Å². The van der Waals surface area contributed by atoms with Crippen molar-refractivity contribution in [3.63, 3.8) is 0 Å². The van der Waals surface area contributed by atoms with Gasteiger partial charge in [-0.2, -0.15) is 0 Å². The molecule has 4 nitrogen and oxygen atoms in total. The van der Waals surface area contributed by atoms with E-state index in [1.54, 1.807) is 7.11 Å². The van der Waals surface area contributed by atoms with E-state index >= 15 is 0 Å². The third-order valence-corrected chi connectivity index (χ3v) is 3.09. The molecule has 1 atom stereocenters. The summed E-state index contributed by atoms with van der Waals surface area (Å²) >= 11 is 0. The fourth-order valence-corrected chi connectivity index (χ4v) is 2.04. The van der Waals surface area contributed by atoms with Crippen LogP contribution >= 0.6 is 0 Å². The van der Waals surface area contributed by atoms with Crippen LogP contribution in [-0.2, 0) is 4.74 Å². The number of methoxy groups -OCH3 is 1. The van der Waals surface area contributed by atoms with E-state index in [1.807, 2.05) is 18.5 Å². The van der Waals surface area contributed by atoms with Gasteiger partial charge in [0.25, 0.3) is 0 Å². The molecule has 0 radical (unpaired) electrons. The average Bonchev–Trinajstić information content (AvgIpc) is 2.36. The summed E-state index contributed by atoms with van der Waals surface area (Å²) in [4.78, 5) is 6.52. The normalized spacial score (nSPS) is 13.0. The molecule has 96 valence electrons. The van der Waals surface area contributed by atoms with Crippen LogP contribution in [0, 0.1) is 6.92 Å². The molecule has 1 rings (SSSR count). The number of hydrogen-bond donors (Lipinski definition) is 1. The minimum absolute atomic E-state index is 0.226. The Morgan fingerprint density at radius 3 is 2.82 bits per heavy atom. The Balaban J connectivity index is 2.85. The molecule has 0 spiro atoms. The SMILES string of the molecule is CCN(CCOC)C(CN)c1cnccc1C. The summed E-state index contributed by atoms with van der Waals surface area (Å²) in [6.07, 6.45) is 3.74. The first kappa shape index (κ1) is 14.1. The molecule has 4 heteroatoms. The molecule has 0 aliphatic carbocycles. The molecule has 1 aromatic heterocycles. The van der Waals surface area contributed by atoms with Gasteiger partial charge in [-0.1, -0.05) is 6.92 Å². The first-order valence-electron chi connectivity index (χ1n) is 6.08. The lowest BCUT2D eigenvalue weighted by molar-refractivity contribution is 0.125. The van der Waals surface area contributed by atoms with Gasteiger partial charge in [0.1, 0.15) is 0 Å². The van der Waals surface area contributed by atoms with Crippen molar-refractivity contribution in [3.05, 3.63) is 29.6 Å². The van der Waals surface area contributed by atoms with Gasteiger partial charge in [-0.15, -0.1) is 0 Å². The third-order valence-electron chi connectivity index (χ3n) is 3.09. The summed E-state index contributed by atoms with van der Waals surface area (Å²) in [5.74, 6) is 0. The van der Waals surface area contributed by atoms with E-state index in [2.05, 4.69) is 23.7 Å². The van der Waals surface area contributed by atoms with E-state index in [1.165, 1.54) is 11.1 Å². The lowest BCUT2D eigenvalue weighted by Crippen LogP contribution is -2.36. The van der Waals surface area contributed by atoms with E-state index in [-0.39, 0.29) is 6.04 Å². The highest BCUT2D eigenvalue weighted by Crippen LogP contribution is 2.21. The fraction of sp³-hybridized carbons (Fsp3) is 0.615. The lowest BCUT2D eigenvalue weighted by Gasteiger charge is -2.30. The summed E-state index contributed by atoms with van der Waals surface area (Å²) in [6.45, 7) is 7.42. The van der Waals surface area contributed by atoms with Gasteiger partial charge in [-0.05, 0) is 30.7 Å². The summed E-state index contributed by atoms with van der Waals surface area (Å²) in [5, 5.41) is 0. The maximum Gasteiger partial charge on any atom is 0.0589 e. The maximum absolute atomic E-state index is 5.91. The lowest BCUT2D eigenvalue weighted by atomic mass is 10.0.